The van der Waals surface area contributed by atoms with Gasteiger partial charge < -0.3 is 25.4 Å². The molecule has 2 amide bonds. The molecule has 0 unspecified atom stereocenters. The predicted molar refractivity (Wildman–Crippen MR) is 112 cm³/mol. The van der Waals surface area contributed by atoms with Crippen LogP contribution in [-0.4, -0.2) is 70.7 Å². The largest absolute Gasteiger partial charge is 0.486 e. The van der Waals surface area contributed by atoms with Gasteiger partial charge in [-0.05, 0) is 26.1 Å². The second-order valence-corrected chi connectivity index (χ2v) is 7.41. The lowest BCUT2D eigenvalue weighted by atomic mass is 9.99. The number of nitrogens with zero attached hydrogens (tertiary/aromatic N) is 3. The quantitative estimate of drug-likeness (QED) is 0.651. The van der Waals surface area contributed by atoms with Crippen LogP contribution in [0.4, 0.5) is 5.69 Å². The molecule has 9 nitrogen and oxygen atoms in total. The standard InChI is InChI=1S/C21H27N5O4/c1-13-11-26(14(2)12-27)21(29)15-5-4-6-16(19(15)30-18(13)10-22-3)25-20(28)17-9-23-7-8-24-17/h4-9,13-14,18,22,27H,10-12H2,1-3H3,(H,25,28)/t13-,14-,18-/m0/s1. The molecule has 0 fully saturated rings. The number of likely N-dealkylation sites (N-methyl/N-ethyl adjacent to an activating group) is 1. The number of hydrogen-bond donors (Lipinski definition) is 3. The number of amides is 2. The highest BCUT2D eigenvalue weighted by molar-refractivity contribution is 6.06. The van der Waals surface area contributed by atoms with Gasteiger partial charge in [-0.15, -0.1) is 0 Å². The van der Waals surface area contributed by atoms with E-state index in [1.54, 1.807) is 30.0 Å². The first-order valence-electron chi connectivity index (χ1n) is 9.89. The molecule has 3 atom stereocenters. The summed E-state index contributed by atoms with van der Waals surface area (Å²) in [5.41, 5.74) is 0.867. The Morgan fingerprint density at radius 2 is 2.20 bits per heavy atom. The molecule has 3 N–H and O–H groups in total. The highest BCUT2D eigenvalue weighted by atomic mass is 16.5. The van der Waals surface area contributed by atoms with Crippen LogP contribution in [0, 0.1) is 5.92 Å². The Balaban J connectivity index is 2.03. The van der Waals surface area contributed by atoms with Gasteiger partial charge in [0.25, 0.3) is 11.8 Å². The van der Waals surface area contributed by atoms with Crippen molar-refractivity contribution in [3.63, 3.8) is 0 Å². The zero-order valence-electron chi connectivity index (χ0n) is 17.3. The van der Waals surface area contributed by atoms with Gasteiger partial charge in [0, 0.05) is 31.4 Å². The van der Waals surface area contributed by atoms with Crippen LogP contribution in [0.25, 0.3) is 0 Å². The Hall–Kier alpha value is -3.04. The van der Waals surface area contributed by atoms with Crippen molar-refractivity contribution in [2.75, 3.05) is 32.1 Å². The summed E-state index contributed by atoms with van der Waals surface area (Å²) in [5, 5.41) is 15.6. The average Bonchev–Trinajstić information content (AvgIpc) is 2.76. The number of para-hydroxylation sites is 1. The second kappa shape index (κ2) is 9.64. The van der Waals surface area contributed by atoms with Crippen LogP contribution in [0.15, 0.2) is 36.8 Å². The van der Waals surface area contributed by atoms with Gasteiger partial charge in [-0.3, -0.25) is 14.6 Å². The van der Waals surface area contributed by atoms with E-state index in [0.29, 0.717) is 30.1 Å². The maximum atomic E-state index is 13.3. The molecule has 1 aromatic heterocycles. The number of rotatable bonds is 6. The minimum atomic E-state index is -0.451. The van der Waals surface area contributed by atoms with Crippen LogP contribution in [0.1, 0.15) is 34.7 Å². The Bertz CT molecular complexity index is 892. The Labute approximate surface area is 175 Å². The molecule has 0 saturated heterocycles. The monoisotopic (exact) mass is 413 g/mol. The van der Waals surface area contributed by atoms with Gasteiger partial charge in [-0.2, -0.15) is 0 Å². The lowest BCUT2D eigenvalue weighted by Crippen LogP contribution is -2.49. The maximum Gasteiger partial charge on any atom is 0.275 e. The summed E-state index contributed by atoms with van der Waals surface area (Å²) < 4.78 is 6.27. The summed E-state index contributed by atoms with van der Waals surface area (Å²) in [6.07, 6.45) is 4.04. The van der Waals surface area contributed by atoms with Crippen LogP contribution >= 0.6 is 0 Å². The van der Waals surface area contributed by atoms with Gasteiger partial charge in [-0.1, -0.05) is 13.0 Å². The molecule has 9 heteroatoms. The van der Waals surface area contributed by atoms with Crippen LogP contribution in [-0.2, 0) is 0 Å². The number of fused-ring (bicyclic) bond motifs is 1. The molecule has 160 valence electrons. The first-order valence-corrected chi connectivity index (χ1v) is 9.89. The lowest BCUT2D eigenvalue weighted by Gasteiger charge is -2.37. The summed E-state index contributed by atoms with van der Waals surface area (Å²) >= 11 is 0. The minimum absolute atomic E-state index is 0.00713. The van der Waals surface area contributed by atoms with Crippen molar-refractivity contribution in [1.29, 1.82) is 0 Å². The molecule has 2 heterocycles. The summed E-state index contributed by atoms with van der Waals surface area (Å²) in [7, 11) is 1.83. The van der Waals surface area contributed by atoms with Crippen molar-refractivity contribution < 1.29 is 19.4 Å². The molecule has 1 aromatic carbocycles. The van der Waals surface area contributed by atoms with Gasteiger partial charge in [0.2, 0.25) is 0 Å². The van der Waals surface area contributed by atoms with Gasteiger partial charge in [0.15, 0.2) is 5.75 Å². The average molecular weight is 413 g/mol. The predicted octanol–water partition coefficient (Wildman–Crippen LogP) is 1.17. The first-order chi connectivity index (χ1) is 14.5. The zero-order valence-corrected chi connectivity index (χ0v) is 17.3. The van der Waals surface area contributed by atoms with Crippen molar-refractivity contribution in [2.45, 2.75) is 26.0 Å². The van der Waals surface area contributed by atoms with E-state index in [4.69, 9.17) is 4.74 Å². The number of carbonyl (C=O) groups is 2. The Morgan fingerprint density at radius 1 is 1.40 bits per heavy atom. The third-order valence-corrected chi connectivity index (χ3v) is 5.14. The third kappa shape index (κ3) is 4.58. The van der Waals surface area contributed by atoms with Crippen LogP contribution in [0.5, 0.6) is 5.75 Å². The van der Waals surface area contributed by atoms with Gasteiger partial charge in [-0.25, -0.2) is 4.98 Å². The number of nitrogens with one attached hydrogen (secondary N) is 2. The lowest BCUT2D eigenvalue weighted by molar-refractivity contribution is 0.0417. The number of carbonyl (C=O) groups excluding carboxylic acids is 2. The van der Waals surface area contributed by atoms with Gasteiger partial charge in [0.05, 0.1) is 30.1 Å². The molecule has 1 aliphatic rings. The molecule has 30 heavy (non-hydrogen) atoms. The highest BCUT2D eigenvalue weighted by Gasteiger charge is 2.33. The summed E-state index contributed by atoms with van der Waals surface area (Å²) in [4.78, 5) is 35.5. The summed E-state index contributed by atoms with van der Waals surface area (Å²) in [5.74, 6) is -0.403. The smallest absolute Gasteiger partial charge is 0.275 e. The number of benzene rings is 1. The van der Waals surface area contributed by atoms with E-state index in [-0.39, 0.29) is 36.3 Å². The van der Waals surface area contributed by atoms with Gasteiger partial charge in [0.1, 0.15) is 11.8 Å². The maximum absolute atomic E-state index is 13.3. The molecule has 0 saturated carbocycles. The number of aliphatic hydroxyl groups excluding tert-OH is 1. The molecule has 0 radical (unpaired) electrons. The second-order valence-electron chi connectivity index (χ2n) is 7.41. The fourth-order valence-corrected chi connectivity index (χ4v) is 3.39. The van der Waals surface area contributed by atoms with Crippen LogP contribution in [0.3, 0.4) is 0 Å². The Morgan fingerprint density at radius 3 is 2.87 bits per heavy atom. The molecular weight excluding hydrogens is 386 g/mol. The summed E-state index contributed by atoms with van der Waals surface area (Å²) in [6, 6.07) is 4.69. The van der Waals surface area contributed by atoms with E-state index >= 15 is 0 Å². The first kappa shape index (κ1) is 21.7. The third-order valence-electron chi connectivity index (χ3n) is 5.14. The number of anilines is 1. The highest BCUT2D eigenvalue weighted by Crippen LogP contribution is 2.34. The van der Waals surface area contributed by atoms with Crippen molar-refractivity contribution in [3.8, 4) is 5.75 Å². The fourth-order valence-electron chi connectivity index (χ4n) is 3.39. The molecule has 0 aliphatic carbocycles. The SMILES string of the molecule is CNC[C@@H]1Oc2c(NC(=O)c3cnccn3)cccc2C(=O)N([C@@H](C)CO)C[C@@H]1C. The Kier molecular flexibility index (Phi) is 6.96. The van der Waals surface area contributed by atoms with E-state index in [0.717, 1.165) is 0 Å². The number of ether oxygens (including phenoxy) is 1. The number of aliphatic hydroxyl groups is 1. The molecular formula is C21H27N5O4. The van der Waals surface area contributed by atoms with E-state index in [2.05, 4.69) is 20.6 Å². The van der Waals surface area contributed by atoms with E-state index in [1.165, 1.54) is 18.6 Å². The van der Waals surface area contributed by atoms with Crippen molar-refractivity contribution in [3.05, 3.63) is 48.0 Å². The van der Waals surface area contributed by atoms with E-state index in [9.17, 15) is 14.7 Å². The molecule has 3 rings (SSSR count). The molecule has 0 spiro atoms. The zero-order chi connectivity index (χ0) is 21.7. The van der Waals surface area contributed by atoms with Crippen LogP contribution < -0.4 is 15.4 Å². The van der Waals surface area contributed by atoms with Crippen molar-refractivity contribution in [2.24, 2.45) is 5.92 Å². The van der Waals surface area contributed by atoms with Crippen molar-refractivity contribution in [1.82, 2.24) is 20.2 Å². The number of hydrogen-bond acceptors (Lipinski definition) is 7. The minimum Gasteiger partial charge on any atom is -0.486 e. The van der Waals surface area contributed by atoms with E-state index < -0.39 is 5.91 Å². The number of aromatic nitrogens is 2. The fraction of sp³-hybridized carbons (Fsp3) is 0.429. The van der Waals surface area contributed by atoms with E-state index in [1.807, 2.05) is 14.0 Å². The molecule has 2 aromatic rings. The molecule has 0 bridgehead atoms. The summed E-state index contributed by atoms with van der Waals surface area (Å²) in [6.45, 7) is 4.66. The normalized spacial score (nSPS) is 19.9. The van der Waals surface area contributed by atoms with Crippen molar-refractivity contribution >= 4 is 17.5 Å². The van der Waals surface area contributed by atoms with Gasteiger partial charge >= 0.3 is 0 Å². The molecule has 1 aliphatic heterocycles. The topological polar surface area (TPSA) is 117 Å². The van der Waals surface area contributed by atoms with Crippen LogP contribution in [0.2, 0.25) is 0 Å².